The van der Waals surface area contributed by atoms with E-state index in [4.69, 9.17) is 0 Å². The van der Waals surface area contributed by atoms with E-state index in [1.807, 2.05) is 4.90 Å². The third kappa shape index (κ3) is 7.61. The van der Waals surface area contributed by atoms with Crippen molar-refractivity contribution >= 4 is 11.9 Å². The molecule has 0 bridgehead atoms. The predicted molar refractivity (Wildman–Crippen MR) is 103 cm³/mol. The fourth-order valence-corrected chi connectivity index (χ4v) is 3.39. The first-order valence-electron chi connectivity index (χ1n) is 9.90. The van der Waals surface area contributed by atoms with E-state index in [-0.39, 0.29) is 0 Å². The van der Waals surface area contributed by atoms with E-state index in [0.29, 0.717) is 5.91 Å². The third-order valence-corrected chi connectivity index (χ3v) is 4.90. The second-order valence-corrected chi connectivity index (χ2v) is 7.02. The van der Waals surface area contributed by atoms with Crippen molar-refractivity contribution in [3.63, 3.8) is 0 Å². The van der Waals surface area contributed by atoms with Gasteiger partial charge in [0, 0.05) is 58.8 Å². The number of hydrogen-bond donors (Lipinski definition) is 2. The van der Waals surface area contributed by atoms with Gasteiger partial charge in [-0.05, 0) is 46.3 Å². The zero-order valence-electron chi connectivity index (χ0n) is 16.1. The summed E-state index contributed by atoms with van der Waals surface area (Å²) >= 11 is 0. The van der Waals surface area contributed by atoms with Gasteiger partial charge < -0.3 is 25.3 Å². The number of rotatable bonds is 8. The van der Waals surface area contributed by atoms with Crippen molar-refractivity contribution in [1.82, 2.24) is 25.3 Å². The Bertz CT molecular complexity index is 428. The van der Waals surface area contributed by atoms with Gasteiger partial charge in [0.05, 0.1) is 0 Å². The summed E-state index contributed by atoms with van der Waals surface area (Å²) in [6.45, 7) is 12.1. The molecule has 2 saturated heterocycles. The van der Waals surface area contributed by atoms with Crippen LogP contribution in [0.25, 0.3) is 0 Å². The van der Waals surface area contributed by atoms with Gasteiger partial charge in [-0.25, -0.2) is 0 Å². The standard InChI is InChI=1S/C18H36N6O/c1-3-19-18(20-8-5-13-24-12-4-7-17(24)25)21-9-14-23-11-6-10-22(2)15-16-23/h3-16H2,1-2H3,(H2,19,20,21). The van der Waals surface area contributed by atoms with Crippen LogP contribution in [0, 0.1) is 0 Å². The van der Waals surface area contributed by atoms with Crippen LogP contribution < -0.4 is 10.6 Å². The van der Waals surface area contributed by atoms with Crippen LogP contribution in [-0.2, 0) is 4.79 Å². The molecule has 144 valence electrons. The first-order chi connectivity index (χ1) is 12.2. The molecule has 1 amide bonds. The SMILES string of the molecule is CCNC(=NCCCN1CCCC1=O)NCCN1CCCN(C)CC1. The highest BCUT2D eigenvalue weighted by atomic mass is 16.2. The fourth-order valence-electron chi connectivity index (χ4n) is 3.39. The Labute approximate surface area is 152 Å². The van der Waals surface area contributed by atoms with Gasteiger partial charge in [0.1, 0.15) is 0 Å². The van der Waals surface area contributed by atoms with Crippen LogP contribution in [0.15, 0.2) is 4.99 Å². The van der Waals surface area contributed by atoms with Gasteiger partial charge in [0.25, 0.3) is 0 Å². The van der Waals surface area contributed by atoms with Gasteiger partial charge >= 0.3 is 0 Å². The Hall–Kier alpha value is -1.34. The summed E-state index contributed by atoms with van der Waals surface area (Å²) in [4.78, 5) is 23.1. The number of carbonyl (C=O) groups excluding carboxylic acids is 1. The summed E-state index contributed by atoms with van der Waals surface area (Å²) in [7, 11) is 2.20. The lowest BCUT2D eigenvalue weighted by atomic mass is 10.4. The molecule has 7 nitrogen and oxygen atoms in total. The topological polar surface area (TPSA) is 63.2 Å². The molecule has 0 aliphatic carbocycles. The zero-order valence-corrected chi connectivity index (χ0v) is 16.1. The Morgan fingerprint density at radius 3 is 2.72 bits per heavy atom. The fraction of sp³-hybridized carbons (Fsp3) is 0.889. The smallest absolute Gasteiger partial charge is 0.222 e. The molecule has 7 heteroatoms. The van der Waals surface area contributed by atoms with E-state index < -0.39 is 0 Å². The van der Waals surface area contributed by atoms with Crippen molar-refractivity contribution in [2.45, 2.75) is 32.6 Å². The summed E-state index contributed by atoms with van der Waals surface area (Å²) in [6.07, 6.45) is 3.92. The number of nitrogens with zero attached hydrogens (tertiary/aromatic N) is 4. The molecule has 0 radical (unpaired) electrons. The predicted octanol–water partition coefficient (Wildman–Crippen LogP) is 0.192. The maximum Gasteiger partial charge on any atom is 0.222 e. The highest BCUT2D eigenvalue weighted by Gasteiger charge is 2.18. The molecule has 0 atom stereocenters. The summed E-state index contributed by atoms with van der Waals surface area (Å²) in [5.74, 6) is 1.19. The van der Waals surface area contributed by atoms with Gasteiger partial charge in [-0.1, -0.05) is 0 Å². The lowest BCUT2D eigenvalue weighted by Gasteiger charge is -2.21. The third-order valence-electron chi connectivity index (χ3n) is 4.90. The highest BCUT2D eigenvalue weighted by Crippen LogP contribution is 2.09. The lowest BCUT2D eigenvalue weighted by Crippen LogP contribution is -2.42. The molecule has 0 aromatic rings. The molecule has 2 N–H and O–H groups in total. The average Bonchev–Trinajstić information content (AvgIpc) is 2.89. The normalized spacial score (nSPS) is 20.8. The van der Waals surface area contributed by atoms with Crippen LogP contribution >= 0.6 is 0 Å². The van der Waals surface area contributed by atoms with Crippen molar-refractivity contribution in [2.75, 3.05) is 72.5 Å². The van der Waals surface area contributed by atoms with Crippen molar-refractivity contribution < 1.29 is 4.79 Å². The molecule has 2 rings (SSSR count). The molecule has 0 aromatic heterocycles. The van der Waals surface area contributed by atoms with Crippen LogP contribution in [-0.4, -0.2) is 99.1 Å². The number of hydrogen-bond acceptors (Lipinski definition) is 4. The first kappa shape index (κ1) is 20.0. The molecule has 0 spiro atoms. The second-order valence-electron chi connectivity index (χ2n) is 7.02. The molecule has 2 heterocycles. The second kappa shape index (κ2) is 11.3. The van der Waals surface area contributed by atoms with Gasteiger partial charge in [-0.2, -0.15) is 0 Å². The summed E-state index contributed by atoms with van der Waals surface area (Å²) in [5.41, 5.74) is 0. The van der Waals surface area contributed by atoms with E-state index >= 15 is 0 Å². The van der Waals surface area contributed by atoms with Crippen LogP contribution in [0.2, 0.25) is 0 Å². The molecule has 2 aliphatic rings. The van der Waals surface area contributed by atoms with Crippen molar-refractivity contribution in [3.05, 3.63) is 0 Å². The molecular formula is C18H36N6O. The Morgan fingerprint density at radius 2 is 1.96 bits per heavy atom. The maximum atomic E-state index is 11.6. The van der Waals surface area contributed by atoms with Gasteiger partial charge in [-0.3, -0.25) is 9.79 Å². The van der Waals surface area contributed by atoms with E-state index in [2.05, 4.69) is 39.4 Å². The Morgan fingerprint density at radius 1 is 1.08 bits per heavy atom. The van der Waals surface area contributed by atoms with Crippen LogP contribution in [0.3, 0.4) is 0 Å². The maximum absolute atomic E-state index is 11.6. The Kier molecular flexibility index (Phi) is 9.04. The number of nitrogens with one attached hydrogen (secondary N) is 2. The summed E-state index contributed by atoms with van der Waals surface area (Å²) in [5, 5.41) is 6.75. The highest BCUT2D eigenvalue weighted by molar-refractivity contribution is 5.79. The van der Waals surface area contributed by atoms with Crippen LogP contribution in [0.5, 0.6) is 0 Å². The minimum Gasteiger partial charge on any atom is -0.357 e. The van der Waals surface area contributed by atoms with E-state index in [1.165, 1.54) is 19.5 Å². The molecule has 25 heavy (non-hydrogen) atoms. The van der Waals surface area contributed by atoms with Crippen molar-refractivity contribution in [1.29, 1.82) is 0 Å². The van der Waals surface area contributed by atoms with E-state index in [9.17, 15) is 4.79 Å². The van der Waals surface area contributed by atoms with Gasteiger partial charge in [0.2, 0.25) is 5.91 Å². The number of likely N-dealkylation sites (N-methyl/N-ethyl adjacent to an activating group) is 1. The number of likely N-dealkylation sites (tertiary alicyclic amines) is 1. The number of aliphatic imine (C=N–C) groups is 1. The van der Waals surface area contributed by atoms with Gasteiger partial charge in [0.15, 0.2) is 5.96 Å². The summed E-state index contributed by atoms with van der Waals surface area (Å²) < 4.78 is 0. The molecule has 0 saturated carbocycles. The minimum absolute atomic E-state index is 0.303. The minimum atomic E-state index is 0.303. The molecule has 2 fully saturated rings. The van der Waals surface area contributed by atoms with E-state index in [0.717, 1.165) is 77.6 Å². The lowest BCUT2D eigenvalue weighted by molar-refractivity contribution is -0.127. The quantitative estimate of drug-likeness (QED) is 0.371. The average molecular weight is 353 g/mol. The number of amides is 1. The van der Waals surface area contributed by atoms with Crippen LogP contribution in [0.1, 0.15) is 32.6 Å². The monoisotopic (exact) mass is 352 g/mol. The summed E-state index contributed by atoms with van der Waals surface area (Å²) in [6, 6.07) is 0. The molecule has 2 aliphatic heterocycles. The van der Waals surface area contributed by atoms with Crippen molar-refractivity contribution in [2.24, 2.45) is 4.99 Å². The number of guanidine groups is 1. The molecule has 0 unspecified atom stereocenters. The zero-order chi connectivity index (χ0) is 17.9. The molecular weight excluding hydrogens is 316 g/mol. The molecule has 0 aromatic carbocycles. The van der Waals surface area contributed by atoms with E-state index in [1.54, 1.807) is 0 Å². The Balaban J connectivity index is 1.63. The van der Waals surface area contributed by atoms with Gasteiger partial charge in [-0.15, -0.1) is 0 Å². The number of carbonyl (C=O) groups is 1. The van der Waals surface area contributed by atoms with Crippen molar-refractivity contribution in [3.8, 4) is 0 Å². The van der Waals surface area contributed by atoms with Crippen LogP contribution in [0.4, 0.5) is 0 Å². The first-order valence-corrected chi connectivity index (χ1v) is 9.90. The largest absolute Gasteiger partial charge is 0.357 e.